The van der Waals surface area contributed by atoms with Gasteiger partial charge < -0.3 is 4.42 Å². The van der Waals surface area contributed by atoms with E-state index < -0.39 is 0 Å². The Morgan fingerprint density at radius 1 is 0.326 bits per heavy atom. The molecule has 2 heterocycles. The van der Waals surface area contributed by atoms with Crippen molar-refractivity contribution in [2.24, 2.45) is 0 Å². The van der Waals surface area contributed by atoms with Gasteiger partial charge in [0.1, 0.15) is 11.2 Å². The molecule has 2 aromatic heterocycles. The van der Waals surface area contributed by atoms with Gasteiger partial charge in [-0.2, -0.15) is 0 Å². The highest BCUT2D eigenvalue weighted by molar-refractivity contribution is 7.26. The van der Waals surface area contributed by atoms with E-state index in [1.807, 2.05) is 11.3 Å². The van der Waals surface area contributed by atoms with Crippen LogP contribution in [0, 0.1) is 0 Å². The zero-order chi connectivity index (χ0) is 30.2. The Balaban J connectivity index is 1.27. The van der Waals surface area contributed by atoms with E-state index in [9.17, 15) is 0 Å². The van der Waals surface area contributed by atoms with E-state index >= 15 is 0 Å². The molecule has 0 N–H and O–H groups in total. The van der Waals surface area contributed by atoms with Crippen LogP contribution in [0.5, 0.6) is 0 Å². The van der Waals surface area contributed by atoms with Gasteiger partial charge in [-0.3, -0.25) is 0 Å². The molecule has 0 atom stereocenters. The molecule has 8 aromatic carbocycles. The normalized spacial score (nSPS) is 11.9. The van der Waals surface area contributed by atoms with Crippen LogP contribution in [0.15, 0.2) is 162 Å². The predicted molar refractivity (Wildman–Crippen MR) is 198 cm³/mol. The van der Waals surface area contributed by atoms with Gasteiger partial charge in [0, 0.05) is 30.9 Å². The number of rotatable bonds is 3. The average molecular weight is 603 g/mol. The molecule has 0 saturated carbocycles. The molecule has 46 heavy (non-hydrogen) atoms. The van der Waals surface area contributed by atoms with E-state index in [2.05, 4.69) is 158 Å². The molecule has 214 valence electrons. The van der Waals surface area contributed by atoms with Crippen molar-refractivity contribution in [1.29, 1.82) is 0 Å². The summed E-state index contributed by atoms with van der Waals surface area (Å²) in [5.41, 5.74) is 9.26. The van der Waals surface area contributed by atoms with Crippen LogP contribution in [-0.2, 0) is 0 Å². The van der Waals surface area contributed by atoms with Crippen molar-refractivity contribution in [2.75, 3.05) is 0 Å². The van der Waals surface area contributed by atoms with Gasteiger partial charge in [0.15, 0.2) is 0 Å². The number of fused-ring (bicyclic) bond motifs is 9. The fraction of sp³-hybridized carbons (Fsp3) is 0. The van der Waals surface area contributed by atoms with E-state index in [0.717, 1.165) is 16.6 Å². The standard InChI is InChI=1S/C44H26OS/c1-2-11-27(12-3-1)28-13-10-14-29(25-28)41-31-15-4-6-17-33(31)42(34-18-7-5-16-32(34)41)30-21-22-37-36(26-30)43-38(45-37)23-24-40-44(43)35-19-8-9-20-39(35)46-40/h1-26H. The number of hydrogen-bond donors (Lipinski definition) is 0. The van der Waals surface area contributed by atoms with E-state index in [4.69, 9.17) is 4.42 Å². The minimum atomic E-state index is 0.921. The highest BCUT2D eigenvalue weighted by Gasteiger charge is 2.19. The predicted octanol–water partition coefficient (Wildman–Crippen LogP) is 13.3. The Hall–Kier alpha value is -5.70. The van der Waals surface area contributed by atoms with Crippen LogP contribution in [0.2, 0.25) is 0 Å². The third-order valence-corrected chi connectivity index (χ3v) is 10.6. The molecule has 0 amide bonds. The lowest BCUT2D eigenvalue weighted by atomic mass is 9.85. The number of furan rings is 1. The summed E-state index contributed by atoms with van der Waals surface area (Å²) in [6.45, 7) is 0. The van der Waals surface area contributed by atoms with Crippen molar-refractivity contribution in [3.8, 4) is 33.4 Å². The van der Waals surface area contributed by atoms with Crippen LogP contribution in [-0.4, -0.2) is 0 Å². The van der Waals surface area contributed by atoms with Gasteiger partial charge in [-0.15, -0.1) is 11.3 Å². The molecule has 0 unspecified atom stereocenters. The monoisotopic (exact) mass is 602 g/mol. The maximum Gasteiger partial charge on any atom is 0.136 e. The van der Waals surface area contributed by atoms with Crippen molar-refractivity contribution < 1.29 is 4.42 Å². The summed E-state index contributed by atoms with van der Waals surface area (Å²) in [6, 6.07) is 57.2. The summed E-state index contributed by atoms with van der Waals surface area (Å²) in [7, 11) is 0. The van der Waals surface area contributed by atoms with Crippen LogP contribution in [0.25, 0.3) is 97.0 Å². The highest BCUT2D eigenvalue weighted by Crippen LogP contribution is 2.47. The minimum absolute atomic E-state index is 0.921. The van der Waals surface area contributed by atoms with Gasteiger partial charge in [-0.25, -0.2) is 0 Å². The van der Waals surface area contributed by atoms with E-state index in [1.165, 1.54) is 80.5 Å². The zero-order valence-electron chi connectivity index (χ0n) is 24.8. The van der Waals surface area contributed by atoms with E-state index in [-0.39, 0.29) is 0 Å². The lowest BCUT2D eigenvalue weighted by Crippen LogP contribution is -1.91. The molecule has 10 rings (SSSR count). The van der Waals surface area contributed by atoms with Gasteiger partial charge in [0.05, 0.1) is 0 Å². The third kappa shape index (κ3) is 3.74. The molecule has 1 nitrogen and oxygen atoms in total. The average Bonchev–Trinajstić information content (AvgIpc) is 3.68. The molecule has 0 saturated heterocycles. The molecule has 0 fully saturated rings. The Morgan fingerprint density at radius 2 is 0.891 bits per heavy atom. The quantitative estimate of drug-likeness (QED) is 0.183. The van der Waals surface area contributed by atoms with Crippen molar-refractivity contribution in [1.82, 2.24) is 0 Å². The smallest absolute Gasteiger partial charge is 0.136 e. The molecular weight excluding hydrogens is 577 g/mol. The Bertz CT molecular complexity index is 2740. The van der Waals surface area contributed by atoms with Crippen LogP contribution in [0.4, 0.5) is 0 Å². The number of thiophene rings is 1. The van der Waals surface area contributed by atoms with Gasteiger partial charge in [0.2, 0.25) is 0 Å². The SMILES string of the molecule is c1ccc(-c2cccc(-c3c4ccccc4c(-c4ccc5oc6ccc7sc8ccccc8c7c6c5c4)c4ccccc34)c2)cc1. The molecule has 0 aliphatic rings. The molecule has 0 radical (unpaired) electrons. The third-order valence-electron chi connectivity index (χ3n) is 9.45. The molecule has 2 heteroatoms. The second-order valence-corrected chi connectivity index (χ2v) is 13.1. The maximum absolute atomic E-state index is 6.47. The Labute approximate surface area is 269 Å². The Kier molecular flexibility index (Phi) is 5.51. The largest absolute Gasteiger partial charge is 0.456 e. The number of benzene rings is 8. The first-order valence-electron chi connectivity index (χ1n) is 15.7. The van der Waals surface area contributed by atoms with Gasteiger partial charge in [0.25, 0.3) is 0 Å². The lowest BCUT2D eigenvalue weighted by Gasteiger charge is -2.18. The molecule has 10 aromatic rings. The van der Waals surface area contributed by atoms with Gasteiger partial charge >= 0.3 is 0 Å². The molecule has 0 aliphatic heterocycles. The molecular formula is C44H26OS. The summed E-state index contributed by atoms with van der Waals surface area (Å²) < 4.78 is 9.07. The summed E-state index contributed by atoms with van der Waals surface area (Å²) >= 11 is 1.85. The topological polar surface area (TPSA) is 13.1 Å². The number of hydrogen-bond acceptors (Lipinski definition) is 2. The minimum Gasteiger partial charge on any atom is -0.456 e. The Morgan fingerprint density at radius 3 is 1.61 bits per heavy atom. The fourth-order valence-corrected chi connectivity index (χ4v) is 8.59. The van der Waals surface area contributed by atoms with Crippen molar-refractivity contribution in [3.63, 3.8) is 0 Å². The summed E-state index contributed by atoms with van der Waals surface area (Å²) in [5, 5.41) is 9.95. The van der Waals surface area contributed by atoms with Crippen LogP contribution < -0.4 is 0 Å². The summed E-state index contributed by atoms with van der Waals surface area (Å²) in [6.07, 6.45) is 0. The van der Waals surface area contributed by atoms with Gasteiger partial charge in [-0.05, 0) is 91.3 Å². The zero-order valence-corrected chi connectivity index (χ0v) is 25.6. The van der Waals surface area contributed by atoms with Crippen molar-refractivity contribution in [3.05, 3.63) is 158 Å². The molecule has 0 spiro atoms. The molecule has 0 aliphatic carbocycles. The summed E-state index contributed by atoms with van der Waals surface area (Å²) in [4.78, 5) is 0. The second kappa shape index (κ2) is 9.90. The van der Waals surface area contributed by atoms with Crippen molar-refractivity contribution in [2.45, 2.75) is 0 Å². The lowest BCUT2D eigenvalue weighted by molar-refractivity contribution is 0.669. The van der Waals surface area contributed by atoms with Crippen LogP contribution >= 0.6 is 11.3 Å². The van der Waals surface area contributed by atoms with Crippen LogP contribution in [0.1, 0.15) is 0 Å². The fourth-order valence-electron chi connectivity index (χ4n) is 7.47. The first-order chi connectivity index (χ1) is 22.8. The highest BCUT2D eigenvalue weighted by atomic mass is 32.1. The van der Waals surface area contributed by atoms with Crippen LogP contribution in [0.3, 0.4) is 0 Å². The van der Waals surface area contributed by atoms with E-state index in [1.54, 1.807) is 0 Å². The first-order valence-corrected chi connectivity index (χ1v) is 16.5. The second-order valence-electron chi connectivity index (χ2n) is 12.0. The maximum atomic E-state index is 6.47. The summed E-state index contributed by atoms with van der Waals surface area (Å²) in [5.74, 6) is 0. The van der Waals surface area contributed by atoms with Crippen molar-refractivity contribution >= 4 is 75.0 Å². The first kappa shape index (κ1) is 25.6. The van der Waals surface area contributed by atoms with Gasteiger partial charge in [-0.1, -0.05) is 121 Å². The van der Waals surface area contributed by atoms with E-state index in [0.29, 0.717) is 0 Å². The molecule has 0 bridgehead atoms.